The number of hydrogen-bond acceptors (Lipinski definition) is 2. The van der Waals surface area contributed by atoms with Crippen molar-refractivity contribution < 1.29 is 4.79 Å². The van der Waals surface area contributed by atoms with E-state index in [0.29, 0.717) is 18.9 Å². The second kappa shape index (κ2) is 5.49. The zero-order chi connectivity index (χ0) is 13.9. The third-order valence-electron chi connectivity index (χ3n) is 4.00. The molecule has 4 heteroatoms. The first-order valence-corrected chi connectivity index (χ1v) is 7.08. The van der Waals surface area contributed by atoms with Gasteiger partial charge < -0.3 is 9.47 Å². The fourth-order valence-corrected chi connectivity index (χ4v) is 2.77. The fraction of sp³-hybridized carbons (Fsp3) is 0.375. The highest BCUT2D eigenvalue weighted by molar-refractivity contribution is 5.77. The van der Waals surface area contributed by atoms with Gasteiger partial charge in [0.05, 0.1) is 17.4 Å². The summed E-state index contributed by atoms with van der Waals surface area (Å²) in [7, 11) is 0. The van der Waals surface area contributed by atoms with E-state index in [9.17, 15) is 4.79 Å². The summed E-state index contributed by atoms with van der Waals surface area (Å²) in [6, 6.07) is 8.00. The van der Waals surface area contributed by atoms with E-state index in [2.05, 4.69) is 11.6 Å². The third-order valence-corrected chi connectivity index (χ3v) is 4.00. The number of nitrogens with zero attached hydrogens (tertiary/aromatic N) is 3. The van der Waals surface area contributed by atoms with Crippen molar-refractivity contribution in [2.45, 2.75) is 19.4 Å². The number of carbonyl (C=O) groups is 1. The van der Waals surface area contributed by atoms with Crippen molar-refractivity contribution in [1.29, 1.82) is 0 Å². The molecule has 1 fully saturated rings. The first-order chi connectivity index (χ1) is 9.78. The predicted octanol–water partition coefficient (Wildman–Crippen LogP) is 2.46. The van der Waals surface area contributed by atoms with Gasteiger partial charge in [-0.3, -0.25) is 4.79 Å². The van der Waals surface area contributed by atoms with Crippen molar-refractivity contribution in [3.8, 4) is 0 Å². The summed E-state index contributed by atoms with van der Waals surface area (Å²) >= 11 is 0. The van der Waals surface area contributed by atoms with Gasteiger partial charge in [-0.1, -0.05) is 18.2 Å². The van der Waals surface area contributed by atoms with E-state index in [-0.39, 0.29) is 5.91 Å². The molecule has 4 nitrogen and oxygen atoms in total. The van der Waals surface area contributed by atoms with Crippen molar-refractivity contribution in [3.63, 3.8) is 0 Å². The molecule has 1 atom stereocenters. The summed E-state index contributed by atoms with van der Waals surface area (Å²) in [5.74, 6) is 0.695. The summed E-state index contributed by atoms with van der Waals surface area (Å²) in [5, 5.41) is 0. The van der Waals surface area contributed by atoms with Crippen LogP contribution in [-0.2, 0) is 11.3 Å². The maximum Gasteiger partial charge on any atom is 0.224 e. The SMILES string of the molecule is C=CC1CCN(C(=O)CCn2cnc3ccccc32)C1. The van der Waals surface area contributed by atoms with E-state index in [1.54, 1.807) is 0 Å². The Morgan fingerprint density at radius 2 is 2.30 bits per heavy atom. The number of rotatable bonds is 4. The molecule has 1 amide bonds. The van der Waals surface area contributed by atoms with E-state index < -0.39 is 0 Å². The highest BCUT2D eigenvalue weighted by atomic mass is 16.2. The Bertz CT molecular complexity index is 631. The Kier molecular flexibility index (Phi) is 3.54. The number of hydrogen-bond donors (Lipinski definition) is 0. The normalized spacial score (nSPS) is 18.6. The Morgan fingerprint density at radius 1 is 1.45 bits per heavy atom. The van der Waals surface area contributed by atoms with Crippen molar-refractivity contribution in [2.75, 3.05) is 13.1 Å². The van der Waals surface area contributed by atoms with Gasteiger partial charge >= 0.3 is 0 Å². The number of likely N-dealkylation sites (tertiary alicyclic amines) is 1. The summed E-state index contributed by atoms with van der Waals surface area (Å²) in [4.78, 5) is 18.5. The second-order valence-corrected chi connectivity index (χ2v) is 5.30. The van der Waals surface area contributed by atoms with Gasteiger partial charge in [-0.05, 0) is 24.5 Å². The highest BCUT2D eigenvalue weighted by Crippen LogP contribution is 2.18. The smallest absolute Gasteiger partial charge is 0.224 e. The van der Waals surface area contributed by atoms with Crippen molar-refractivity contribution in [2.24, 2.45) is 5.92 Å². The molecule has 3 rings (SSSR count). The van der Waals surface area contributed by atoms with Gasteiger partial charge in [0.1, 0.15) is 0 Å². The van der Waals surface area contributed by atoms with E-state index >= 15 is 0 Å². The number of fused-ring (bicyclic) bond motifs is 1. The number of benzene rings is 1. The molecule has 0 saturated carbocycles. The van der Waals surface area contributed by atoms with Gasteiger partial charge in [-0.2, -0.15) is 0 Å². The van der Waals surface area contributed by atoms with Crippen molar-refractivity contribution in [3.05, 3.63) is 43.2 Å². The van der Waals surface area contributed by atoms with E-state index in [0.717, 1.165) is 30.5 Å². The largest absolute Gasteiger partial charge is 0.342 e. The van der Waals surface area contributed by atoms with Crippen LogP contribution < -0.4 is 0 Å². The van der Waals surface area contributed by atoms with Crippen LogP contribution in [0.1, 0.15) is 12.8 Å². The number of aryl methyl sites for hydroxylation is 1. The van der Waals surface area contributed by atoms with E-state index in [1.807, 2.05) is 46.1 Å². The lowest BCUT2D eigenvalue weighted by atomic mass is 10.1. The summed E-state index contributed by atoms with van der Waals surface area (Å²) in [6.07, 6.45) is 5.35. The molecule has 1 aliphatic heterocycles. The van der Waals surface area contributed by atoms with Gasteiger partial charge in [0.15, 0.2) is 0 Å². The molecule has 0 aliphatic carbocycles. The fourth-order valence-electron chi connectivity index (χ4n) is 2.77. The van der Waals surface area contributed by atoms with Gasteiger partial charge in [0.25, 0.3) is 0 Å². The molecule has 0 bridgehead atoms. The summed E-state index contributed by atoms with van der Waals surface area (Å²) < 4.78 is 2.05. The molecule has 1 aromatic heterocycles. The number of para-hydroxylation sites is 2. The zero-order valence-corrected chi connectivity index (χ0v) is 11.5. The van der Waals surface area contributed by atoms with Crippen LogP contribution in [0, 0.1) is 5.92 Å². The van der Waals surface area contributed by atoms with Crippen molar-refractivity contribution >= 4 is 16.9 Å². The zero-order valence-electron chi connectivity index (χ0n) is 11.5. The minimum Gasteiger partial charge on any atom is -0.342 e. The quantitative estimate of drug-likeness (QED) is 0.800. The molecule has 0 N–H and O–H groups in total. The first-order valence-electron chi connectivity index (χ1n) is 7.08. The van der Waals surface area contributed by atoms with Crippen LogP contribution in [0.2, 0.25) is 0 Å². The molecule has 20 heavy (non-hydrogen) atoms. The minimum absolute atomic E-state index is 0.229. The molecule has 104 valence electrons. The standard InChI is InChI=1S/C16H19N3O/c1-2-13-7-9-18(11-13)16(20)8-10-19-12-17-14-5-3-4-6-15(14)19/h2-6,12-13H,1,7-11H2. The Morgan fingerprint density at radius 3 is 3.10 bits per heavy atom. The lowest BCUT2D eigenvalue weighted by Crippen LogP contribution is -2.29. The Hall–Kier alpha value is -2.10. The van der Waals surface area contributed by atoms with Gasteiger partial charge in [0.2, 0.25) is 5.91 Å². The molecule has 2 heterocycles. The molecule has 1 aromatic carbocycles. The molecule has 1 unspecified atom stereocenters. The molecule has 1 saturated heterocycles. The Balaban J connectivity index is 1.62. The minimum atomic E-state index is 0.229. The predicted molar refractivity (Wildman–Crippen MR) is 79.2 cm³/mol. The van der Waals surface area contributed by atoms with Crippen LogP contribution in [0.15, 0.2) is 43.2 Å². The molecule has 2 aromatic rings. The van der Waals surface area contributed by atoms with Crippen molar-refractivity contribution in [1.82, 2.24) is 14.5 Å². The Labute approximate surface area is 118 Å². The average molecular weight is 269 g/mol. The number of carbonyl (C=O) groups excluding carboxylic acids is 1. The molecular weight excluding hydrogens is 250 g/mol. The van der Waals surface area contributed by atoms with Crippen LogP contribution in [0.5, 0.6) is 0 Å². The van der Waals surface area contributed by atoms with Gasteiger partial charge in [-0.25, -0.2) is 4.98 Å². The number of aromatic nitrogens is 2. The van der Waals surface area contributed by atoms with Crippen LogP contribution in [0.4, 0.5) is 0 Å². The van der Waals surface area contributed by atoms with Crippen LogP contribution in [0.25, 0.3) is 11.0 Å². The summed E-state index contributed by atoms with van der Waals surface area (Å²) in [5.41, 5.74) is 2.07. The maximum atomic E-state index is 12.2. The van der Waals surface area contributed by atoms with E-state index in [1.165, 1.54) is 0 Å². The topological polar surface area (TPSA) is 38.1 Å². The third kappa shape index (κ3) is 2.46. The summed E-state index contributed by atoms with van der Waals surface area (Å²) in [6.45, 7) is 6.18. The lowest BCUT2D eigenvalue weighted by Gasteiger charge is -2.16. The maximum absolute atomic E-state index is 12.2. The van der Waals surface area contributed by atoms with Gasteiger partial charge in [0, 0.05) is 26.1 Å². The number of amides is 1. The molecule has 0 spiro atoms. The van der Waals surface area contributed by atoms with E-state index in [4.69, 9.17) is 0 Å². The van der Waals surface area contributed by atoms with Crippen LogP contribution in [0.3, 0.4) is 0 Å². The van der Waals surface area contributed by atoms with Crippen LogP contribution >= 0.6 is 0 Å². The molecular formula is C16H19N3O. The average Bonchev–Trinajstić information content (AvgIpc) is 3.11. The first kappa shape index (κ1) is 12.9. The molecule has 0 radical (unpaired) electrons. The monoisotopic (exact) mass is 269 g/mol. The number of imidazole rings is 1. The van der Waals surface area contributed by atoms with Crippen LogP contribution in [-0.4, -0.2) is 33.4 Å². The second-order valence-electron chi connectivity index (χ2n) is 5.30. The highest BCUT2D eigenvalue weighted by Gasteiger charge is 2.23. The molecule has 1 aliphatic rings. The lowest BCUT2D eigenvalue weighted by molar-refractivity contribution is -0.130. The van der Waals surface area contributed by atoms with Gasteiger partial charge in [-0.15, -0.1) is 6.58 Å².